The van der Waals surface area contributed by atoms with Gasteiger partial charge in [0.2, 0.25) is 0 Å². The van der Waals surface area contributed by atoms with Gasteiger partial charge in [0.1, 0.15) is 0 Å². The Morgan fingerprint density at radius 2 is 1.62 bits per heavy atom. The van der Waals surface area contributed by atoms with Crippen LogP contribution in [0.3, 0.4) is 0 Å². The van der Waals surface area contributed by atoms with Gasteiger partial charge < -0.3 is 20.9 Å². The lowest BCUT2D eigenvalue weighted by molar-refractivity contribution is 0.313. The van der Waals surface area contributed by atoms with Crippen LogP contribution in [0.1, 0.15) is 25.7 Å². The highest BCUT2D eigenvalue weighted by atomic mass is 15.2. The molecule has 1 fully saturated rings. The fourth-order valence-corrected chi connectivity index (χ4v) is 2.71. The highest BCUT2D eigenvalue weighted by Gasteiger charge is 2.13. The predicted molar refractivity (Wildman–Crippen MR) is 92.2 cm³/mol. The number of hydrogen-bond donors (Lipinski definition) is 2. The van der Waals surface area contributed by atoms with Crippen molar-refractivity contribution in [2.45, 2.75) is 25.7 Å². The molecule has 1 aromatic carbocycles. The third-order valence-corrected chi connectivity index (χ3v) is 4.20. The summed E-state index contributed by atoms with van der Waals surface area (Å²) in [7, 11) is 2.19. The zero-order valence-corrected chi connectivity index (χ0v) is 13.4. The predicted octanol–water partition coefficient (Wildman–Crippen LogP) is 2.37. The van der Waals surface area contributed by atoms with E-state index in [0.29, 0.717) is 0 Å². The molecule has 21 heavy (non-hydrogen) atoms. The number of nitrogens with zero attached hydrogens (tertiary/aromatic N) is 2. The average Bonchev–Trinajstić information content (AvgIpc) is 2.52. The number of piperazine rings is 1. The summed E-state index contributed by atoms with van der Waals surface area (Å²) in [5.74, 6) is 0. The van der Waals surface area contributed by atoms with Gasteiger partial charge in [-0.1, -0.05) is 12.8 Å². The van der Waals surface area contributed by atoms with E-state index in [1.807, 2.05) is 0 Å². The first kappa shape index (κ1) is 16.1. The van der Waals surface area contributed by atoms with E-state index in [1.54, 1.807) is 0 Å². The molecule has 1 aromatic rings. The molecule has 0 unspecified atom stereocenters. The van der Waals surface area contributed by atoms with Gasteiger partial charge in [0.05, 0.1) is 0 Å². The van der Waals surface area contributed by atoms with Crippen LogP contribution in [0.2, 0.25) is 0 Å². The Labute approximate surface area is 129 Å². The van der Waals surface area contributed by atoms with Crippen LogP contribution in [0.5, 0.6) is 0 Å². The van der Waals surface area contributed by atoms with Crippen LogP contribution in [0.15, 0.2) is 24.3 Å². The van der Waals surface area contributed by atoms with Crippen LogP contribution >= 0.6 is 0 Å². The minimum Gasteiger partial charge on any atom is -0.385 e. The molecule has 0 aliphatic carbocycles. The number of nitrogens with one attached hydrogen (secondary N) is 1. The van der Waals surface area contributed by atoms with Crippen molar-refractivity contribution in [1.82, 2.24) is 4.90 Å². The van der Waals surface area contributed by atoms with Crippen LogP contribution in [0, 0.1) is 0 Å². The molecule has 0 radical (unpaired) electrons. The second-order valence-electron chi connectivity index (χ2n) is 5.97. The standard InChI is InChI=1S/C17H30N4/c1-20-12-14-21(15-13-20)17-8-6-16(7-9-17)19-11-5-3-2-4-10-18/h6-9,19H,2-5,10-15,18H2,1H3. The molecule has 118 valence electrons. The Hall–Kier alpha value is -1.26. The third-order valence-electron chi connectivity index (χ3n) is 4.20. The Morgan fingerprint density at radius 3 is 2.29 bits per heavy atom. The summed E-state index contributed by atoms with van der Waals surface area (Å²) in [5, 5.41) is 3.50. The second kappa shape index (κ2) is 8.90. The molecule has 1 saturated heterocycles. The molecule has 1 aliphatic heterocycles. The lowest BCUT2D eigenvalue weighted by atomic mass is 10.2. The molecule has 3 N–H and O–H groups in total. The van der Waals surface area contributed by atoms with E-state index in [2.05, 4.69) is 46.4 Å². The Kier molecular flexibility index (Phi) is 6.83. The van der Waals surface area contributed by atoms with E-state index >= 15 is 0 Å². The molecule has 1 aliphatic rings. The van der Waals surface area contributed by atoms with E-state index in [9.17, 15) is 0 Å². The van der Waals surface area contributed by atoms with Crippen molar-refractivity contribution in [1.29, 1.82) is 0 Å². The number of nitrogens with two attached hydrogens (primary N) is 1. The molecule has 0 saturated carbocycles. The number of unbranched alkanes of at least 4 members (excludes halogenated alkanes) is 3. The summed E-state index contributed by atoms with van der Waals surface area (Å²) in [5.41, 5.74) is 8.07. The molecule has 4 nitrogen and oxygen atoms in total. The van der Waals surface area contributed by atoms with Crippen molar-refractivity contribution in [3.63, 3.8) is 0 Å². The molecule has 2 rings (SSSR count). The number of benzene rings is 1. The minimum absolute atomic E-state index is 0.821. The Morgan fingerprint density at radius 1 is 0.952 bits per heavy atom. The first-order valence-corrected chi connectivity index (χ1v) is 8.27. The maximum Gasteiger partial charge on any atom is 0.0368 e. The fourth-order valence-electron chi connectivity index (χ4n) is 2.71. The number of hydrogen-bond acceptors (Lipinski definition) is 4. The van der Waals surface area contributed by atoms with Gasteiger partial charge >= 0.3 is 0 Å². The molecule has 0 spiro atoms. The maximum absolute atomic E-state index is 5.50. The van der Waals surface area contributed by atoms with Gasteiger partial charge in [-0.15, -0.1) is 0 Å². The van der Waals surface area contributed by atoms with E-state index in [0.717, 1.165) is 45.7 Å². The maximum atomic E-state index is 5.50. The molecular weight excluding hydrogens is 260 g/mol. The van der Waals surface area contributed by atoms with E-state index in [1.165, 1.54) is 30.6 Å². The van der Waals surface area contributed by atoms with Crippen molar-refractivity contribution in [3.05, 3.63) is 24.3 Å². The van der Waals surface area contributed by atoms with Crippen LogP contribution in [-0.2, 0) is 0 Å². The quantitative estimate of drug-likeness (QED) is 0.722. The SMILES string of the molecule is CN1CCN(c2ccc(NCCCCCCN)cc2)CC1. The Bertz CT molecular complexity index is 382. The monoisotopic (exact) mass is 290 g/mol. The van der Waals surface area contributed by atoms with Gasteiger partial charge in [-0.2, -0.15) is 0 Å². The molecule has 1 heterocycles. The normalized spacial score (nSPS) is 16.2. The topological polar surface area (TPSA) is 44.5 Å². The fraction of sp³-hybridized carbons (Fsp3) is 0.647. The molecule has 0 aromatic heterocycles. The number of likely N-dealkylation sites (N-methyl/N-ethyl adjacent to an activating group) is 1. The summed E-state index contributed by atoms with van der Waals surface area (Å²) in [6.45, 7) is 6.44. The summed E-state index contributed by atoms with van der Waals surface area (Å²) in [6, 6.07) is 8.88. The van der Waals surface area contributed by atoms with Crippen molar-refractivity contribution < 1.29 is 0 Å². The number of rotatable bonds is 8. The van der Waals surface area contributed by atoms with Crippen LogP contribution in [-0.4, -0.2) is 51.2 Å². The highest BCUT2D eigenvalue weighted by Crippen LogP contribution is 2.19. The van der Waals surface area contributed by atoms with Gasteiger partial charge in [-0.25, -0.2) is 0 Å². The van der Waals surface area contributed by atoms with Crippen LogP contribution in [0.4, 0.5) is 11.4 Å². The van der Waals surface area contributed by atoms with Gasteiger partial charge in [0.25, 0.3) is 0 Å². The molecule has 0 amide bonds. The van der Waals surface area contributed by atoms with Gasteiger partial charge in [-0.3, -0.25) is 0 Å². The summed E-state index contributed by atoms with van der Waals surface area (Å²) < 4.78 is 0. The smallest absolute Gasteiger partial charge is 0.0368 e. The lowest BCUT2D eigenvalue weighted by Gasteiger charge is -2.34. The minimum atomic E-state index is 0.821. The van der Waals surface area contributed by atoms with Crippen LogP contribution < -0.4 is 16.0 Å². The van der Waals surface area contributed by atoms with Crippen molar-refractivity contribution in [2.24, 2.45) is 5.73 Å². The van der Waals surface area contributed by atoms with E-state index in [4.69, 9.17) is 5.73 Å². The largest absolute Gasteiger partial charge is 0.385 e. The van der Waals surface area contributed by atoms with Crippen LogP contribution in [0.25, 0.3) is 0 Å². The zero-order chi connectivity index (χ0) is 14.9. The van der Waals surface area contributed by atoms with Gasteiger partial charge in [0, 0.05) is 44.1 Å². The highest BCUT2D eigenvalue weighted by molar-refractivity contribution is 5.55. The van der Waals surface area contributed by atoms with Gasteiger partial charge in [-0.05, 0) is 50.7 Å². The zero-order valence-electron chi connectivity index (χ0n) is 13.4. The second-order valence-corrected chi connectivity index (χ2v) is 5.97. The average molecular weight is 290 g/mol. The summed E-state index contributed by atoms with van der Waals surface area (Å²) >= 11 is 0. The van der Waals surface area contributed by atoms with Gasteiger partial charge in [0.15, 0.2) is 0 Å². The van der Waals surface area contributed by atoms with Crippen molar-refractivity contribution in [3.8, 4) is 0 Å². The van der Waals surface area contributed by atoms with E-state index in [-0.39, 0.29) is 0 Å². The lowest BCUT2D eigenvalue weighted by Crippen LogP contribution is -2.44. The first-order chi connectivity index (χ1) is 10.3. The third kappa shape index (κ3) is 5.56. The first-order valence-electron chi connectivity index (χ1n) is 8.27. The molecule has 0 atom stereocenters. The number of anilines is 2. The summed E-state index contributed by atoms with van der Waals surface area (Å²) in [4.78, 5) is 4.85. The molecule has 4 heteroatoms. The molecule has 0 bridgehead atoms. The van der Waals surface area contributed by atoms with Crippen molar-refractivity contribution >= 4 is 11.4 Å². The van der Waals surface area contributed by atoms with Crippen molar-refractivity contribution in [2.75, 3.05) is 56.5 Å². The molecular formula is C17H30N4. The summed E-state index contributed by atoms with van der Waals surface area (Å²) in [6.07, 6.45) is 4.89. The Balaban J connectivity index is 1.69. The van der Waals surface area contributed by atoms with E-state index < -0.39 is 0 Å².